The Labute approximate surface area is 128 Å². The molecule has 0 radical (unpaired) electrons. The molecule has 114 valence electrons. The second-order valence-corrected chi connectivity index (χ2v) is 6.89. The molecule has 2 rings (SSSR count). The summed E-state index contributed by atoms with van der Waals surface area (Å²) in [6, 6.07) is 4.13. The van der Waals surface area contributed by atoms with Gasteiger partial charge >= 0.3 is 0 Å². The SMILES string of the molecule is [N-]=[N+]=Nc1ccc(Cl)c(S(=O)(=O)NCCN2CCCC2)c1. The molecule has 9 heteroatoms. The van der Waals surface area contributed by atoms with Crippen LogP contribution in [0.1, 0.15) is 12.8 Å². The number of nitrogens with zero attached hydrogens (tertiary/aromatic N) is 4. The van der Waals surface area contributed by atoms with E-state index in [1.807, 2.05) is 0 Å². The van der Waals surface area contributed by atoms with Crippen LogP contribution >= 0.6 is 11.6 Å². The maximum Gasteiger partial charge on any atom is 0.242 e. The standard InChI is InChI=1S/C12H16ClN5O2S/c13-11-4-3-10(16-17-14)9-12(11)21(19,20)15-5-8-18-6-1-2-7-18/h3-4,9,15H,1-2,5-8H2. The Morgan fingerprint density at radius 1 is 1.38 bits per heavy atom. The molecule has 0 bridgehead atoms. The van der Waals surface area contributed by atoms with E-state index in [0.29, 0.717) is 13.1 Å². The maximum atomic E-state index is 12.2. The molecule has 1 saturated heterocycles. The topological polar surface area (TPSA) is 98.2 Å². The van der Waals surface area contributed by atoms with E-state index in [9.17, 15) is 8.42 Å². The number of likely N-dealkylation sites (tertiary alicyclic amines) is 1. The van der Waals surface area contributed by atoms with Gasteiger partial charge in [0.05, 0.1) is 5.02 Å². The molecule has 0 unspecified atom stereocenters. The fraction of sp³-hybridized carbons (Fsp3) is 0.500. The average Bonchev–Trinajstić information content (AvgIpc) is 2.94. The second kappa shape index (κ2) is 7.11. The van der Waals surface area contributed by atoms with Gasteiger partial charge in [-0.05, 0) is 43.6 Å². The fourth-order valence-electron chi connectivity index (χ4n) is 2.23. The molecule has 21 heavy (non-hydrogen) atoms. The van der Waals surface area contributed by atoms with Crippen LogP contribution in [-0.2, 0) is 10.0 Å². The molecule has 1 fully saturated rings. The first-order chi connectivity index (χ1) is 10.0. The third-order valence-corrected chi connectivity index (χ3v) is 5.23. The molecular weight excluding hydrogens is 314 g/mol. The van der Waals surface area contributed by atoms with Crippen molar-refractivity contribution in [2.45, 2.75) is 17.7 Å². The van der Waals surface area contributed by atoms with Gasteiger partial charge in [-0.1, -0.05) is 22.8 Å². The van der Waals surface area contributed by atoms with Crippen LogP contribution < -0.4 is 4.72 Å². The largest absolute Gasteiger partial charge is 0.302 e. The van der Waals surface area contributed by atoms with Crippen molar-refractivity contribution in [1.82, 2.24) is 9.62 Å². The van der Waals surface area contributed by atoms with E-state index in [1.54, 1.807) is 0 Å². The molecule has 0 aliphatic carbocycles. The zero-order chi connectivity index (χ0) is 15.3. The summed E-state index contributed by atoms with van der Waals surface area (Å²) in [7, 11) is -3.72. The maximum absolute atomic E-state index is 12.2. The van der Waals surface area contributed by atoms with Crippen molar-refractivity contribution >= 4 is 27.3 Å². The number of rotatable bonds is 6. The van der Waals surface area contributed by atoms with Gasteiger partial charge in [0.2, 0.25) is 10.0 Å². The van der Waals surface area contributed by atoms with Crippen LogP contribution in [0.2, 0.25) is 5.02 Å². The van der Waals surface area contributed by atoms with Crippen molar-refractivity contribution in [2.24, 2.45) is 5.11 Å². The van der Waals surface area contributed by atoms with Crippen LogP contribution in [0.4, 0.5) is 5.69 Å². The summed E-state index contributed by atoms with van der Waals surface area (Å²) >= 11 is 5.92. The minimum absolute atomic E-state index is 0.0736. The Hall–Kier alpha value is -1.31. The van der Waals surface area contributed by atoms with Gasteiger partial charge in [-0.25, -0.2) is 13.1 Å². The van der Waals surface area contributed by atoms with Gasteiger partial charge in [0, 0.05) is 23.7 Å². The number of sulfonamides is 1. The molecule has 0 atom stereocenters. The number of hydrogen-bond acceptors (Lipinski definition) is 4. The monoisotopic (exact) mass is 329 g/mol. The minimum Gasteiger partial charge on any atom is -0.302 e. The predicted molar refractivity (Wildman–Crippen MR) is 81.1 cm³/mol. The van der Waals surface area contributed by atoms with Crippen molar-refractivity contribution in [3.63, 3.8) is 0 Å². The van der Waals surface area contributed by atoms with Gasteiger partial charge in [0.25, 0.3) is 0 Å². The highest BCUT2D eigenvalue weighted by Gasteiger charge is 2.19. The van der Waals surface area contributed by atoms with Crippen molar-refractivity contribution in [3.05, 3.63) is 33.7 Å². The molecule has 1 aromatic rings. The summed E-state index contributed by atoms with van der Waals surface area (Å²) in [5.41, 5.74) is 8.61. The van der Waals surface area contributed by atoms with E-state index >= 15 is 0 Å². The lowest BCUT2D eigenvalue weighted by molar-refractivity contribution is 0.344. The Morgan fingerprint density at radius 2 is 2.10 bits per heavy atom. The third-order valence-electron chi connectivity index (χ3n) is 3.28. The molecule has 1 aliphatic heterocycles. The zero-order valence-corrected chi connectivity index (χ0v) is 12.9. The summed E-state index contributed by atoms with van der Waals surface area (Å²) in [4.78, 5) is 4.77. The summed E-state index contributed by atoms with van der Waals surface area (Å²) < 4.78 is 27.0. The molecule has 1 N–H and O–H groups in total. The van der Waals surface area contributed by atoms with Crippen molar-refractivity contribution in [3.8, 4) is 0 Å². The van der Waals surface area contributed by atoms with E-state index in [2.05, 4.69) is 19.6 Å². The lowest BCUT2D eigenvalue weighted by Crippen LogP contribution is -2.33. The molecule has 1 heterocycles. The minimum atomic E-state index is -3.72. The molecule has 0 aromatic heterocycles. The van der Waals surface area contributed by atoms with Crippen LogP contribution in [0.15, 0.2) is 28.2 Å². The highest BCUT2D eigenvalue weighted by Crippen LogP contribution is 2.26. The molecule has 7 nitrogen and oxygen atoms in total. The first kappa shape index (κ1) is 16.1. The van der Waals surface area contributed by atoms with Gasteiger partial charge < -0.3 is 4.90 Å². The van der Waals surface area contributed by atoms with Crippen LogP contribution in [0.25, 0.3) is 10.4 Å². The molecule has 1 aliphatic rings. The smallest absolute Gasteiger partial charge is 0.242 e. The Balaban J connectivity index is 2.07. The van der Waals surface area contributed by atoms with E-state index in [4.69, 9.17) is 17.1 Å². The van der Waals surface area contributed by atoms with E-state index in [-0.39, 0.29) is 15.6 Å². The average molecular weight is 330 g/mol. The van der Waals surface area contributed by atoms with Gasteiger partial charge in [-0.15, -0.1) is 0 Å². The Morgan fingerprint density at radius 3 is 2.76 bits per heavy atom. The van der Waals surface area contributed by atoms with Gasteiger partial charge in [0.1, 0.15) is 4.90 Å². The van der Waals surface area contributed by atoms with Gasteiger partial charge in [0.15, 0.2) is 0 Å². The highest BCUT2D eigenvalue weighted by molar-refractivity contribution is 7.89. The van der Waals surface area contributed by atoms with Crippen molar-refractivity contribution in [2.75, 3.05) is 26.2 Å². The lowest BCUT2D eigenvalue weighted by Gasteiger charge is -2.15. The molecular formula is C12H16ClN5O2S. The van der Waals surface area contributed by atoms with E-state index in [1.165, 1.54) is 18.2 Å². The molecule has 0 saturated carbocycles. The predicted octanol–water partition coefficient (Wildman–Crippen LogP) is 2.66. The molecule has 0 spiro atoms. The Kier molecular flexibility index (Phi) is 5.44. The van der Waals surface area contributed by atoms with Crippen molar-refractivity contribution in [1.29, 1.82) is 0 Å². The van der Waals surface area contributed by atoms with Crippen LogP contribution in [-0.4, -0.2) is 39.5 Å². The molecule has 1 aromatic carbocycles. The van der Waals surface area contributed by atoms with E-state index in [0.717, 1.165) is 25.9 Å². The quantitative estimate of drug-likeness (QED) is 0.493. The summed E-state index contributed by atoms with van der Waals surface area (Å²) in [6.45, 7) is 3.01. The number of azide groups is 1. The van der Waals surface area contributed by atoms with Crippen molar-refractivity contribution < 1.29 is 8.42 Å². The van der Waals surface area contributed by atoms with Crippen LogP contribution in [0.5, 0.6) is 0 Å². The van der Waals surface area contributed by atoms with Gasteiger partial charge in [-0.3, -0.25) is 0 Å². The van der Waals surface area contributed by atoms with Crippen LogP contribution in [0.3, 0.4) is 0 Å². The molecule has 0 amide bonds. The first-order valence-electron chi connectivity index (χ1n) is 6.59. The fourth-order valence-corrected chi connectivity index (χ4v) is 3.77. The number of nitrogens with one attached hydrogen (secondary N) is 1. The van der Waals surface area contributed by atoms with E-state index < -0.39 is 10.0 Å². The number of halogens is 1. The summed E-state index contributed by atoms with van der Waals surface area (Å²) in [6.07, 6.45) is 2.32. The van der Waals surface area contributed by atoms with Gasteiger partial charge in [-0.2, -0.15) is 0 Å². The number of hydrogen-bond donors (Lipinski definition) is 1. The first-order valence-corrected chi connectivity index (χ1v) is 8.46. The Bertz CT molecular complexity index is 652. The normalized spacial score (nSPS) is 15.9. The zero-order valence-electron chi connectivity index (χ0n) is 11.4. The van der Waals surface area contributed by atoms with Crippen LogP contribution in [0, 0.1) is 0 Å². The second-order valence-electron chi connectivity index (χ2n) is 4.75. The number of benzene rings is 1. The highest BCUT2D eigenvalue weighted by atomic mass is 35.5. The lowest BCUT2D eigenvalue weighted by atomic mass is 10.3. The summed E-state index contributed by atoms with van der Waals surface area (Å²) in [5, 5.41) is 3.48. The summed E-state index contributed by atoms with van der Waals surface area (Å²) in [5.74, 6) is 0. The third kappa shape index (κ3) is 4.33.